The van der Waals surface area contributed by atoms with Gasteiger partial charge in [-0.05, 0) is 26.2 Å². The predicted octanol–water partition coefficient (Wildman–Crippen LogP) is -2.04. The van der Waals surface area contributed by atoms with Crippen molar-refractivity contribution in [1.82, 2.24) is 46.6 Å². The van der Waals surface area contributed by atoms with E-state index in [0.29, 0.717) is 12.1 Å². The van der Waals surface area contributed by atoms with Gasteiger partial charge in [-0.2, -0.15) is 0 Å². The van der Waals surface area contributed by atoms with Crippen LogP contribution in [0.15, 0.2) is 12.5 Å². The number of aromatic nitrogens is 2. The number of amides is 9. The fourth-order valence-electron chi connectivity index (χ4n) is 6.49. The Kier molecular flexibility index (Phi) is 29.9. The molecule has 9 amide bonds. The first kappa shape index (κ1) is 59.3. The Morgan fingerprint density at radius 2 is 1.12 bits per heavy atom. The van der Waals surface area contributed by atoms with E-state index in [-0.39, 0.29) is 25.7 Å². The van der Waals surface area contributed by atoms with Gasteiger partial charge in [0.1, 0.15) is 30.2 Å². The van der Waals surface area contributed by atoms with Crippen LogP contribution in [0.5, 0.6) is 0 Å². The normalized spacial score (nSPS) is 13.4. The lowest BCUT2D eigenvalue weighted by Crippen LogP contribution is -2.60. The van der Waals surface area contributed by atoms with E-state index in [1.165, 1.54) is 70.8 Å². The van der Waals surface area contributed by atoms with Crippen molar-refractivity contribution in [2.75, 3.05) is 25.5 Å². The van der Waals surface area contributed by atoms with E-state index >= 15 is 0 Å². The van der Waals surface area contributed by atoms with Crippen LogP contribution in [0.25, 0.3) is 0 Å². The van der Waals surface area contributed by atoms with Gasteiger partial charge in [-0.25, -0.2) is 13.4 Å². The molecule has 0 spiro atoms. The summed E-state index contributed by atoms with van der Waals surface area (Å²) in [5.41, 5.74) is 10.8. The van der Waals surface area contributed by atoms with E-state index in [9.17, 15) is 61.8 Å². The summed E-state index contributed by atoms with van der Waals surface area (Å²) in [5.74, 6) is -8.75. The smallest absolute Gasteiger partial charge is 0.245 e. The largest absolute Gasteiger partial charge is 0.394 e. The zero-order valence-electron chi connectivity index (χ0n) is 38.7. The van der Waals surface area contributed by atoms with Crippen molar-refractivity contribution >= 4 is 63.2 Å². The molecule has 14 N–H and O–H groups in total. The fourth-order valence-corrected chi connectivity index (χ4v) is 7.56. The summed E-state index contributed by atoms with van der Waals surface area (Å²) >= 11 is 0. The highest BCUT2D eigenvalue weighted by Crippen LogP contribution is 2.13. The van der Waals surface area contributed by atoms with E-state index < -0.39 is 132 Å². The molecule has 0 unspecified atom stereocenters. The third kappa shape index (κ3) is 27.5. The van der Waals surface area contributed by atoms with E-state index in [1.54, 1.807) is 0 Å². The van der Waals surface area contributed by atoms with Crippen LogP contribution in [0.4, 0.5) is 0 Å². The Hall–Kier alpha value is -5.69. The van der Waals surface area contributed by atoms with Gasteiger partial charge >= 0.3 is 0 Å². The Balaban J connectivity index is 2.66. The maximum atomic E-state index is 13.6. The maximum absolute atomic E-state index is 13.6. The van der Waals surface area contributed by atoms with Crippen molar-refractivity contribution in [2.45, 2.75) is 166 Å². The molecule has 0 radical (unpaired) electrons. The van der Waals surface area contributed by atoms with Gasteiger partial charge in [-0.1, -0.05) is 84.0 Å². The van der Waals surface area contributed by atoms with Gasteiger partial charge in [0.2, 0.25) is 63.2 Å². The van der Waals surface area contributed by atoms with Crippen LogP contribution in [-0.2, 0) is 59.6 Å². The third-order valence-corrected chi connectivity index (χ3v) is 11.8. The highest BCUT2D eigenvalue weighted by Gasteiger charge is 2.32. The molecule has 0 aliphatic rings. The zero-order chi connectivity index (χ0) is 50.2. The highest BCUT2D eigenvalue weighted by atomic mass is 32.2. The molecule has 1 aromatic rings. The van der Waals surface area contributed by atoms with E-state index in [4.69, 9.17) is 11.5 Å². The molecular weight excluding hydrogens is 899 g/mol. The maximum Gasteiger partial charge on any atom is 0.245 e. The van der Waals surface area contributed by atoms with Crippen LogP contribution in [0.1, 0.15) is 135 Å². The van der Waals surface area contributed by atoms with Gasteiger partial charge in [-0.15, -0.1) is 0 Å². The standard InChI is InChI=1S/C42H73N11O13S/c1-3-4-5-6-7-8-9-10-11-12-13-14-15-17-36(58)53-67(65,66)21-16-18-35(57)46-24-37(59)49-32(25-54)42(64)50-30(19-20-34(43)56)39(61)51-31(22-29-23-45-27-47-29)40(62)52-33(26-55)41(63)48-28(2)38(44)60/h23,27-28,30-33,54-55H,3-22,24-26H2,1-2H3,(H2,43,56)(H2,44,60)(H,45,47)(H,46,57)(H,48,63)(H,49,59)(H,50,64)(H,51,61)(H,52,62)(H,53,58)/t28-,30-,31-,32-,33-/m0/s1. The van der Waals surface area contributed by atoms with E-state index in [2.05, 4.69) is 48.8 Å². The summed E-state index contributed by atoms with van der Waals surface area (Å²) in [4.78, 5) is 120. The lowest BCUT2D eigenvalue weighted by Gasteiger charge is -2.26. The summed E-state index contributed by atoms with van der Waals surface area (Å²) in [6, 6.07) is -7.56. The number of nitrogens with one attached hydrogen (secondary N) is 8. The van der Waals surface area contributed by atoms with Crippen LogP contribution in [0.3, 0.4) is 0 Å². The number of aromatic amines is 1. The Labute approximate surface area is 391 Å². The summed E-state index contributed by atoms with van der Waals surface area (Å²) in [7, 11) is -4.01. The van der Waals surface area contributed by atoms with E-state index in [1.807, 2.05) is 4.72 Å². The molecule has 380 valence electrons. The average molecular weight is 972 g/mol. The molecule has 0 saturated heterocycles. The van der Waals surface area contributed by atoms with Gasteiger partial charge in [0.25, 0.3) is 0 Å². The molecular formula is C42H73N11O13S. The molecule has 5 atom stereocenters. The van der Waals surface area contributed by atoms with Crippen molar-refractivity contribution < 1.29 is 61.8 Å². The molecule has 25 heteroatoms. The van der Waals surface area contributed by atoms with Crippen LogP contribution in [0, 0.1) is 0 Å². The molecule has 0 bridgehead atoms. The number of H-pyrrole nitrogens is 1. The van der Waals surface area contributed by atoms with Crippen LogP contribution in [0.2, 0.25) is 0 Å². The third-order valence-electron chi connectivity index (χ3n) is 10.4. The summed E-state index contributed by atoms with van der Waals surface area (Å²) in [6.45, 7) is 0.858. The number of unbranched alkanes of at least 4 members (excludes halogenated alkanes) is 12. The van der Waals surface area contributed by atoms with Crippen LogP contribution in [-0.4, -0.2) is 137 Å². The molecule has 0 aromatic carbocycles. The van der Waals surface area contributed by atoms with Gasteiger partial charge < -0.3 is 58.6 Å². The van der Waals surface area contributed by atoms with Crippen molar-refractivity contribution in [1.29, 1.82) is 0 Å². The van der Waals surface area contributed by atoms with E-state index in [0.717, 1.165) is 25.7 Å². The highest BCUT2D eigenvalue weighted by molar-refractivity contribution is 7.90. The number of nitrogens with two attached hydrogens (primary N) is 2. The summed E-state index contributed by atoms with van der Waals surface area (Å²) < 4.78 is 26.8. The topological polar surface area (TPSA) is 393 Å². The second kappa shape index (κ2) is 33.7. The number of sulfonamides is 1. The number of carbonyl (C=O) groups is 9. The lowest BCUT2D eigenvalue weighted by atomic mass is 10.0. The molecule has 0 fully saturated rings. The molecule has 24 nitrogen and oxygen atoms in total. The minimum atomic E-state index is -4.01. The number of nitrogens with zero attached hydrogens (tertiary/aromatic N) is 1. The minimum Gasteiger partial charge on any atom is -0.394 e. The SMILES string of the molecule is CCCCCCCCCCCCCCCC(=O)NS(=O)(=O)CCCC(=O)NCC(=O)N[C@@H](CO)C(=O)N[C@@H](CCC(N)=O)C(=O)N[C@@H](Cc1cnc[nH]1)C(=O)N[C@@H](CO)C(=O)N[C@@H](C)C(N)=O. The van der Waals surface area contributed by atoms with Gasteiger partial charge in [0, 0.05) is 37.6 Å². The first-order valence-electron chi connectivity index (χ1n) is 22.9. The van der Waals surface area contributed by atoms with Gasteiger partial charge in [0.15, 0.2) is 0 Å². The number of primary amides is 2. The Morgan fingerprint density at radius 3 is 1.66 bits per heavy atom. The lowest BCUT2D eigenvalue weighted by molar-refractivity contribution is -0.135. The van der Waals surface area contributed by atoms with Crippen molar-refractivity contribution in [3.8, 4) is 0 Å². The molecule has 0 aliphatic heterocycles. The Bertz CT molecular complexity index is 1830. The summed E-state index contributed by atoms with van der Waals surface area (Å²) in [6.07, 6.45) is 15.7. The number of rotatable bonds is 38. The van der Waals surface area contributed by atoms with Gasteiger partial charge in [-0.3, -0.25) is 47.9 Å². The molecule has 1 heterocycles. The number of aliphatic hydroxyl groups is 2. The number of carbonyl (C=O) groups excluding carboxylic acids is 9. The average Bonchev–Trinajstić information content (AvgIpc) is 3.79. The van der Waals surface area contributed by atoms with Crippen LogP contribution >= 0.6 is 0 Å². The van der Waals surface area contributed by atoms with Gasteiger partial charge in [0.05, 0.1) is 31.8 Å². The van der Waals surface area contributed by atoms with Crippen LogP contribution < -0.4 is 48.1 Å². The molecule has 1 aromatic heterocycles. The molecule has 67 heavy (non-hydrogen) atoms. The van der Waals surface area contributed by atoms with Crippen molar-refractivity contribution in [3.63, 3.8) is 0 Å². The monoisotopic (exact) mass is 972 g/mol. The second-order valence-corrected chi connectivity index (χ2v) is 18.1. The second-order valence-electron chi connectivity index (χ2n) is 16.3. The Morgan fingerprint density at radius 1 is 0.627 bits per heavy atom. The van der Waals surface area contributed by atoms with Crippen molar-refractivity contribution in [3.05, 3.63) is 18.2 Å². The predicted molar refractivity (Wildman–Crippen MR) is 244 cm³/mol. The summed E-state index contributed by atoms with van der Waals surface area (Å²) in [5, 5.41) is 33.3. The molecule has 0 aliphatic carbocycles. The molecule has 0 saturated carbocycles. The first-order chi connectivity index (χ1) is 31.8. The van der Waals surface area contributed by atoms with Crippen molar-refractivity contribution in [2.24, 2.45) is 11.5 Å². The number of hydrogen-bond donors (Lipinski definition) is 12. The first-order valence-corrected chi connectivity index (χ1v) is 24.5. The quantitative estimate of drug-likeness (QED) is 0.0318. The zero-order valence-corrected chi connectivity index (χ0v) is 39.5. The number of aliphatic hydroxyl groups excluding tert-OH is 2. The minimum absolute atomic E-state index is 0.0591. The fraction of sp³-hybridized carbons (Fsp3) is 0.714. The molecule has 1 rings (SSSR count). The number of imidazole rings is 1. The number of hydrogen-bond acceptors (Lipinski definition) is 14.